The average molecular weight is 332 g/mol. The summed E-state index contributed by atoms with van der Waals surface area (Å²) < 4.78 is 13.8. The molecule has 0 radical (unpaired) electrons. The Morgan fingerprint density at radius 1 is 1.53 bits per heavy atom. The number of hydrogen-bond acceptors (Lipinski definition) is 3. The summed E-state index contributed by atoms with van der Waals surface area (Å²) >= 11 is 3.15. The van der Waals surface area contributed by atoms with Crippen LogP contribution in [0, 0.1) is 0 Å². The second-order valence-corrected chi connectivity index (χ2v) is 4.93. The second-order valence-electron chi connectivity index (χ2n) is 4.12. The van der Waals surface area contributed by atoms with Crippen LogP contribution in [0.1, 0.15) is 6.42 Å². The van der Waals surface area contributed by atoms with E-state index in [1.54, 1.807) is 18.2 Å². The van der Waals surface area contributed by atoms with Gasteiger partial charge in [-0.25, -0.2) is 14.2 Å². The van der Waals surface area contributed by atoms with E-state index in [2.05, 4.69) is 26.2 Å². The number of hydrogen-bond donors (Lipinski definition) is 2. The van der Waals surface area contributed by atoms with Crippen molar-refractivity contribution in [2.45, 2.75) is 18.6 Å². The fraction of sp³-hybridized carbons (Fsp3) is 0.364. The molecule has 2 amide bonds. The van der Waals surface area contributed by atoms with Gasteiger partial charge in [0.05, 0.1) is 6.54 Å². The number of rotatable bonds is 2. The fourth-order valence-electron chi connectivity index (χ4n) is 1.93. The minimum atomic E-state index is -1.32. The van der Waals surface area contributed by atoms with Gasteiger partial charge < -0.3 is 10.4 Å². The number of alkyl halides is 1. The van der Waals surface area contributed by atoms with Crippen molar-refractivity contribution < 1.29 is 19.1 Å². The third kappa shape index (κ3) is 3.19. The van der Waals surface area contributed by atoms with Crippen LogP contribution in [-0.4, -0.2) is 45.7 Å². The summed E-state index contributed by atoms with van der Waals surface area (Å²) in [6.07, 6.45) is -2.75. The monoisotopic (exact) mass is 331 g/mol. The Morgan fingerprint density at radius 2 is 2.26 bits per heavy atom. The SMILES string of the molecule is O=C(Nc1cccc(Br)n1)C1CC(F)CN1C(=O)O. The Morgan fingerprint density at radius 3 is 2.89 bits per heavy atom. The van der Waals surface area contributed by atoms with Crippen molar-refractivity contribution in [1.82, 2.24) is 9.88 Å². The molecule has 0 aliphatic carbocycles. The zero-order chi connectivity index (χ0) is 14.0. The van der Waals surface area contributed by atoms with Crippen LogP contribution in [0.15, 0.2) is 22.8 Å². The van der Waals surface area contributed by atoms with E-state index in [0.29, 0.717) is 4.60 Å². The number of aromatic nitrogens is 1. The topological polar surface area (TPSA) is 82.5 Å². The van der Waals surface area contributed by atoms with E-state index in [0.717, 1.165) is 4.90 Å². The molecule has 1 saturated heterocycles. The maximum Gasteiger partial charge on any atom is 0.408 e. The molecular formula is C11H11BrFN3O3. The first-order valence-electron chi connectivity index (χ1n) is 5.54. The molecular weight excluding hydrogens is 321 g/mol. The van der Waals surface area contributed by atoms with Gasteiger partial charge in [-0.2, -0.15) is 0 Å². The predicted molar refractivity (Wildman–Crippen MR) is 68.6 cm³/mol. The van der Waals surface area contributed by atoms with Gasteiger partial charge in [0.2, 0.25) is 5.91 Å². The summed E-state index contributed by atoms with van der Waals surface area (Å²) in [6.45, 7) is -0.278. The van der Waals surface area contributed by atoms with Crippen molar-refractivity contribution in [1.29, 1.82) is 0 Å². The molecule has 0 spiro atoms. The van der Waals surface area contributed by atoms with E-state index in [-0.39, 0.29) is 18.8 Å². The highest BCUT2D eigenvalue weighted by Gasteiger charge is 2.40. The number of carbonyl (C=O) groups is 2. The standard InChI is InChI=1S/C11H11BrFN3O3/c12-8-2-1-3-9(14-8)15-10(17)7-4-6(13)5-16(7)11(18)19/h1-3,6-7H,4-5H2,(H,18,19)(H,14,15,17). The summed E-state index contributed by atoms with van der Waals surface area (Å²) in [5, 5.41) is 11.4. The van der Waals surface area contributed by atoms with Gasteiger partial charge in [-0.15, -0.1) is 0 Å². The molecule has 1 aliphatic rings. The Bertz CT molecular complexity index is 514. The zero-order valence-electron chi connectivity index (χ0n) is 9.72. The number of pyridine rings is 1. The normalized spacial score (nSPS) is 22.3. The molecule has 19 heavy (non-hydrogen) atoms. The molecule has 2 atom stereocenters. The van der Waals surface area contributed by atoms with Gasteiger partial charge in [0.1, 0.15) is 22.6 Å². The summed E-state index contributed by atoms with van der Waals surface area (Å²) in [5.74, 6) is -0.292. The lowest BCUT2D eigenvalue weighted by molar-refractivity contribution is -0.120. The van der Waals surface area contributed by atoms with Crippen molar-refractivity contribution in [3.8, 4) is 0 Å². The third-order valence-corrected chi connectivity index (χ3v) is 3.21. The van der Waals surface area contributed by atoms with Gasteiger partial charge in [-0.05, 0) is 28.1 Å². The highest BCUT2D eigenvalue weighted by Crippen LogP contribution is 2.22. The number of amides is 2. The number of likely N-dealkylation sites (tertiary alicyclic amines) is 1. The molecule has 102 valence electrons. The van der Waals surface area contributed by atoms with Gasteiger partial charge >= 0.3 is 6.09 Å². The lowest BCUT2D eigenvalue weighted by Crippen LogP contribution is -2.42. The Hall–Kier alpha value is -1.70. The molecule has 2 N–H and O–H groups in total. The second kappa shape index (κ2) is 5.52. The van der Waals surface area contributed by atoms with Crippen LogP contribution < -0.4 is 5.32 Å². The summed E-state index contributed by atoms with van der Waals surface area (Å²) in [5.41, 5.74) is 0. The van der Waals surface area contributed by atoms with Crippen LogP contribution in [0.2, 0.25) is 0 Å². The molecule has 2 heterocycles. The summed E-state index contributed by atoms with van der Waals surface area (Å²) in [6, 6.07) is 3.91. The highest BCUT2D eigenvalue weighted by molar-refractivity contribution is 9.10. The number of carboxylic acid groups (broad SMARTS) is 1. The van der Waals surface area contributed by atoms with Crippen molar-refractivity contribution >= 4 is 33.7 Å². The lowest BCUT2D eigenvalue weighted by Gasteiger charge is -2.19. The predicted octanol–water partition coefficient (Wildman–Crippen LogP) is 1.87. The maximum atomic E-state index is 13.2. The van der Waals surface area contributed by atoms with Crippen molar-refractivity contribution in [3.63, 3.8) is 0 Å². The minimum Gasteiger partial charge on any atom is -0.465 e. The highest BCUT2D eigenvalue weighted by atomic mass is 79.9. The average Bonchev–Trinajstić information content (AvgIpc) is 2.71. The van der Waals surface area contributed by atoms with Gasteiger partial charge in [-0.3, -0.25) is 9.69 Å². The molecule has 6 nitrogen and oxygen atoms in total. The smallest absolute Gasteiger partial charge is 0.408 e. The molecule has 0 saturated carbocycles. The molecule has 1 fully saturated rings. The van der Waals surface area contributed by atoms with Crippen LogP contribution in [-0.2, 0) is 4.79 Å². The number of anilines is 1. The van der Waals surface area contributed by atoms with Gasteiger partial charge in [0, 0.05) is 6.42 Å². The first-order valence-corrected chi connectivity index (χ1v) is 6.33. The van der Waals surface area contributed by atoms with Gasteiger partial charge in [0.15, 0.2) is 0 Å². The molecule has 8 heteroatoms. The summed E-state index contributed by atoms with van der Waals surface area (Å²) in [4.78, 5) is 27.7. The van der Waals surface area contributed by atoms with Crippen molar-refractivity contribution in [3.05, 3.63) is 22.8 Å². The van der Waals surface area contributed by atoms with E-state index in [4.69, 9.17) is 5.11 Å². The van der Waals surface area contributed by atoms with E-state index < -0.39 is 24.2 Å². The van der Waals surface area contributed by atoms with E-state index in [9.17, 15) is 14.0 Å². The molecule has 1 aromatic rings. The number of nitrogens with one attached hydrogen (secondary N) is 1. The van der Waals surface area contributed by atoms with Gasteiger partial charge in [0.25, 0.3) is 0 Å². The van der Waals surface area contributed by atoms with Crippen LogP contribution in [0.4, 0.5) is 15.0 Å². The Kier molecular flexibility index (Phi) is 3.98. The molecule has 1 aliphatic heterocycles. The Balaban J connectivity index is 2.09. The first-order chi connectivity index (χ1) is 8.97. The molecule has 2 rings (SSSR count). The molecule has 1 aromatic heterocycles. The Labute approximate surface area is 116 Å². The summed E-state index contributed by atoms with van der Waals surface area (Å²) in [7, 11) is 0. The molecule has 0 aromatic carbocycles. The van der Waals surface area contributed by atoms with Gasteiger partial charge in [-0.1, -0.05) is 6.07 Å². The van der Waals surface area contributed by atoms with E-state index in [1.807, 2.05) is 0 Å². The van der Waals surface area contributed by atoms with Crippen molar-refractivity contribution in [2.24, 2.45) is 0 Å². The van der Waals surface area contributed by atoms with E-state index in [1.165, 1.54) is 0 Å². The minimum absolute atomic E-state index is 0.133. The molecule has 2 unspecified atom stereocenters. The third-order valence-electron chi connectivity index (χ3n) is 2.76. The number of nitrogens with zero attached hydrogens (tertiary/aromatic N) is 2. The van der Waals surface area contributed by atoms with Crippen molar-refractivity contribution in [2.75, 3.05) is 11.9 Å². The van der Waals surface area contributed by atoms with E-state index >= 15 is 0 Å². The van der Waals surface area contributed by atoms with Crippen LogP contribution in [0.5, 0.6) is 0 Å². The number of halogens is 2. The van der Waals surface area contributed by atoms with Crippen LogP contribution >= 0.6 is 15.9 Å². The maximum absolute atomic E-state index is 13.2. The lowest BCUT2D eigenvalue weighted by atomic mass is 10.2. The molecule has 0 bridgehead atoms. The fourth-order valence-corrected chi connectivity index (χ4v) is 2.28. The quantitative estimate of drug-likeness (QED) is 0.810. The van der Waals surface area contributed by atoms with Crippen LogP contribution in [0.3, 0.4) is 0 Å². The van der Waals surface area contributed by atoms with Crippen LogP contribution in [0.25, 0.3) is 0 Å². The number of carbonyl (C=O) groups excluding carboxylic acids is 1. The largest absolute Gasteiger partial charge is 0.465 e. The zero-order valence-corrected chi connectivity index (χ0v) is 11.3. The first kappa shape index (κ1) is 13.7.